The fourth-order valence-corrected chi connectivity index (χ4v) is 2.57. The first-order valence-corrected chi connectivity index (χ1v) is 7.16. The number of benzene rings is 1. The lowest BCUT2D eigenvalue weighted by Gasteiger charge is -2.05. The van der Waals surface area contributed by atoms with Crippen molar-refractivity contribution in [2.24, 2.45) is 0 Å². The highest BCUT2D eigenvalue weighted by Gasteiger charge is 2.19. The van der Waals surface area contributed by atoms with Crippen LogP contribution in [0, 0.1) is 0 Å². The summed E-state index contributed by atoms with van der Waals surface area (Å²) in [4.78, 5) is 22.9. The second-order valence-corrected chi connectivity index (χ2v) is 4.92. The lowest BCUT2D eigenvalue weighted by atomic mass is 10.1. The van der Waals surface area contributed by atoms with Crippen molar-refractivity contribution in [2.75, 3.05) is 13.2 Å². The Labute approximate surface area is 131 Å². The lowest BCUT2D eigenvalue weighted by molar-refractivity contribution is -0.139. The van der Waals surface area contributed by atoms with Gasteiger partial charge in [0.25, 0.3) is 0 Å². The number of ether oxygens (including phenoxy) is 2. The molecule has 0 amide bonds. The van der Waals surface area contributed by atoms with Crippen LogP contribution in [0.2, 0.25) is 0 Å². The van der Waals surface area contributed by atoms with E-state index in [1.807, 2.05) is 24.3 Å². The van der Waals surface area contributed by atoms with Gasteiger partial charge in [-0.05, 0) is 25.1 Å². The van der Waals surface area contributed by atoms with Gasteiger partial charge >= 0.3 is 11.9 Å². The molecule has 0 bridgehead atoms. The van der Waals surface area contributed by atoms with Crippen LogP contribution in [0.25, 0.3) is 16.4 Å². The van der Waals surface area contributed by atoms with Gasteiger partial charge in [-0.25, -0.2) is 9.59 Å². The molecular weight excluding hydrogens is 298 g/mol. The number of carboxylic acids is 1. The van der Waals surface area contributed by atoms with E-state index in [1.165, 1.54) is 0 Å². The maximum atomic E-state index is 12.3. The van der Waals surface area contributed by atoms with Crippen molar-refractivity contribution in [2.45, 2.75) is 6.92 Å². The van der Waals surface area contributed by atoms with Crippen molar-refractivity contribution in [1.29, 1.82) is 0 Å². The van der Waals surface area contributed by atoms with E-state index in [0.717, 1.165) is 10.9 Å². The summed E-state index contributed by atoms with van der Waals surface area (Å²) < 4.78 is 12.2. The largest absolute Gasteiger partial charge is 0.480 e. The number of nitrogens with zero attached hydrogens (tertiary/aromatic N) is 1. The molecular formula is C17H15NO5. The highest BCUT2D eigenvalue weighted by atomic mass is 16.5. The number of hydrogen-bond acceptors (Lipinski definition) is 4. The number of hydrogen-bond donors (Lipinski definition) is 1. The normalized spacial score (nSPS) is 10.8. The average molecular weight is 313 g/mol. The monoisotopic (exact) mass is 313 g/mol. The van der Waals surface area contributed by atoms with Crippen LogP contribution in [0.15, 0.2) is 42.6 Å². The molecule has 0 saturated heterocycles. The molecule has 0 spiro atoms. The molecule has 6 nitrogen and oxygen atoms in total. The van der Waals surface area contributed by atoms with Gasteiger partial charge in [0, 0.05) is 5.39 Å². The summed E-state index contributed by atoms with van der Waals surface area (Å²) in [6, 6.07) is 10.8. The van der Waals surface area contributed by atoms with E-state index in [4.69, 9.17) is 14.6 Å². The summed E-state index contributed by atoms with van der Waals surface area (Å²) in [5, 5.41) is 9.48. The first-order valence-electron chi connectivity index (χ1n) is 7.16. The van der Waals surface area contributed by atoms with E-state index in [2.05, 4.69) is 0 Å². The van der Waals surface area contributed by atoms with Crippen molar-refractivity contribution in [3.63, 3.8) is 0 Å². The van der Waals surface area contributed by atoms with E-state index in [1.54, 1.807) is 29.7 Å². The Morgan fingerprint density at radius 1 is 1.13 bits per heavy atom. The van der Waals surface area contributed by atoms with Crippen molar-refractivity contribution in [1.82, 2.24) is 4.40 Å². The van der Waals surface area contributed by atoms with Gasteiger partial charge in [-0.3, -0.25) is 0 Å². The summed E-state index contributed by atoms with van der Waals surface area (Å²) in [5.41, 5.74) is 2.01. The lowest BCUT2D eigenvalue weighted by Crippen LogP contribution is -2.09. The Hall–Kier alpha value is -3.02. The van der Waals surface area contributed by atoms with Crippen molar-refractivity contribution < 1.29 is 24.2 Å². The smallest absolute Gasteiger partial charge is 0.341 e. The number of pyridine rings is 1. The molecule has 0 atom stereocenters. The van der Waals surface area contributed by atoms with Gasteiger partial charge in [0.05, 0.1) is 29.4 Å². The van der Waals surface area contributed by atoms with Crippen LogP contribution >= 0.6 is 0 Å². The van der Waals surface area contributed by atoms with Crippen LogP contribution in [0.1, 0.15) is 17.3 Å². The van der Waals surface area contributed by atoms with Crippen LogP contribution in [0.3, 0.4) is 0 Å². The zero-order valence-corrected chi connectivity index (χ0v) is 12.5. The van der Waals surface area contributed by atoms with Gasteiger partial charge < -0.3 is 19.0 Å². The second-order valence-electron chi connectivity index (χ2n) is 4.92. The van der Waals surface area contributed by atoms with E-state index in [0.29, 0.717) is 23.4 Å². The Morgan fingerprint density at radius 2 is 1.91 bits per heavy atom. The summed E-state index contributed by atoms with van der Waals surface area (Å²) in [6.45, 7) is 1.63. The molecule has 0 aliphatic carbocycles. The molecule has 0 aliphatic heterocycles. The Morgan fingerprint density at radius 3 is 2.65 bits per heavy atom. The molecule has 23 heavy (non-hydrogen) atoms. The topological polar surface area (TPSA) is 77.2 Å². The SMILES string of the molecule is CCOC(=O)c1c2ccccc2n2cc(OCC(=O)O)ccc12. The van der Waals surface area contributed by atoms with Crippen molar-refractivity contribution in [3.05, 3.63) is 48.2 Å². The summed E-state index contributed by atoms with van der Waals surface area (Å²) in [7, 11) is 0. The zero-order chi connectivity index (χ0) is 16.4. The molecule has 0 unspecified atom stereocenters. The third-order valence-electron chi connectivity index (χ3n) is 3.45. The molecule has 0 radical (unpaired) electrons. The van der Waals surface area contributed by atoms with E-state index in [9.17, 15) is 9.59 Å². The van der Waals surface area contributed by atoms with E-state index in [-0.39, 0.29) is 5.97 Å². The molecule has 1 N–H and O–H groups in total. The number of para-hydroxylation sites is 1. The Bertz CT molecular complexity index is 897. The minimum atomic E-state index is -1.05. The third kappa shape index (κ3) is 2.70. The van der Waals surface area contributed by atoms with Crippen LogP contribution < -0.4 is 4.74 Å². The van der Waals surface area contributed by atoms with Gasteiger partial charge in [0.15, 0.2) is 6.61 Å². The molecule has 0 fully saturated rings. The minimum absolute atomic E-state index is 0.296. The minimum Gasteiger partial charge on any atom is -0.480 e. The molecule has 2 heterocycles. The fourth-order valence-electron chi connectivity index (χ4n) is 2.57. The van der Waals surface area contributed by atoms with Gasteiger partial charge in [-0.15, -0.1) is 0 Å². The number of carbonyl (C=O) groups is 2. The third-order valence-corrected chi connectivity index (χ3v) is 3.45. The predicted octanol–water partition coefficient (Wildman–Crippen LogP) is 2.73. The molecule has 0 saturated carbocycles. The Kier molecular flexibility index (Phi) is 3.89. The standard InChI is InChI=1S/C17H15NO5/c1-2-22-17(21)16-12-5-3-4-6-13(12)18-9-11(7-8-14(16)18)23-10-15(19)20/h3-9H,2,10H2,1H3,(H,19,20). The first-order chi connectivity index (χ1) is 11.1. The zero-order valence-electron chi connectivity index (χ0n) is 12.5. The molecule has 0 aliphatic rings. The van der Waals surface area contributed by atoms with Crippen LogP contribution in [-0.4, -0.2) is 34.7 Å². The van der Waals surface area contributed by atoms with E-state index >= 15 is 0 Å². The number of carboxylic acid groups (broad SMARTS) is 1. The number of esters is 1. The number of aromatic nitrogens is 1. The van der Waals surface area contributed by atoms with Gasteiger partial charge in [0.2, 0.25) is 0 Å². The van der Waals surface area contributed by atoms with Crippen molar-refractivity contribution >= 4 is 28.4 Å². The molecule has 6 heteroatoms. The van der Waals surface area contributed by atoms with Gasteiger partial charge in [-0.2, -0.15) is 0 Å². The van der Waals surface area contributed by atoms with Crippen molar-refractivity contribution in [3.8, 4) is 5.75 Å². The molecule has 2 aromatic heterocycles. The predicted molar refractivity (Wildman–Crippen MR) is 84.0 cm³/mol. The molecule has 1 aromatic carbocycles. The highest BCUT2D eigenvalue weighted by Crippen LogP contribution is 2.29. The average Bonchev–Trinajstić information content (AvgIpc) is 2.87. The summed E-state index contributed by atoms with van der Waals surface area (Å²) in [5.74, 6) is -1.02. The second kappa shape index (κ2) is 6.00. The first kappa shape index (κ1) is 14.9. The number of rotatable bonds is 5. The van der Waals surface area contributed by atoms with Crippen LogP contribution in [0.5, 0.6) is 5.75 Å². The van der Waals surface area contributed by atoms with Crippen LogP contribution in [0.4, 0.5) is 0 Å². The van der Waals surface area contributed by atoms with E-state index < -0.39 is 12.6 Å². The van der Waals surface area contributed by atoms with Crippen LogP contribution in [-0.2, 0) is 9.53 Å². The van der Waals surface area contributed by atoms with Gasteiger partial charge in [0.1, 0.15) is 5.75 Å². The maximum absolute atomic E-state index is 12.3. The number of carbonyl (C=O) groups excluding carboxylic acids is 1. The summed E-state index contributed by atoms with van der Waals surface area (Å²) in [6.07, 6.45) is 1.67. The molecule has 3 rings (SSSR count). The number of aliphatic carboxylic acids is 1. The summed E-state index contributed by atoms with van der Waals surface area (Å²) >= 11 is 0. The van der Waals surface area contributed by atoms with Gasteiger partial charge in [-0.1, -0.05) is 18.2 Å². The Balaban J connectivity index is 2.18. The highest BCUT2D eigenvalue weighted by molar-refractivity contribution is 6.11. The fraction of sp³-hybridized carbons (Fsp3) is 0.176. The maximum Gasteiger partial charge on any atom is 0.341 e. The quantitative estimate of drug-likeness (QED) is 0.733. The molecule has 3 aromatic rings. The molecule has 118 valence electrons. The number of fused-ring (bicyclic) bond motifs is 3.